The highest BCUT2D eigenvalue weighted by atomic mass is 16.7. The number of aromatic nitrogens is 1. The summed E-state index contributed by atoms with van der Waals surface area (Å²) in [6, 6.07) is 24.3. The first-order valence-corrected chi connectivity index (χ1v) is 13.5. The van der Waals surface area contributed by atoms with Gasteiger partial charge in [0.25, 0.3) is 5.91 Å². The van der Waals surface area contributed by atoms with Crippen LogP contribution in [0.1, 0.15) is 34.3 Å². The molecule has 1 amide bonds. The summed E-state index contributed by atoms with van der Waals surface area (Å²) in [6.45, 7) is 3.93. The van der Waals surface area contributed by atoms with Gasteiger partial charge < -0.3 is 19.1 Å². The maximum atomic E-state index is 13.1. The molecular weight excluding hydrogens is 490 g/mol. The van der Waals surface area contributed by atoms with Gasteiger partial charge in [-0.05, 0) is 79.5 Å². The standard InChI is InChI=1S/C32H33N3O4/c1-34(19-24-9-11-29-26(15-24)7-3-13-33-29)18-23-5-2-8-28(16-23)37-21-25-6-4-14-35(20-25)32(36)27-10-12-30-31(17-27)39-22-38-30/h2-3,5,7-13,15-17,25H,4,6,14,18-22H2,1H3/t25-/m0/s1. The highest BCUT2D eigenvalue weighted by molar-refractivity contribution is 5.95. The van der Waals surface area contributed by atoms with Crippen LogP contribution in [0.2, 0.25) is 0 Å². The average Bonchev–Trinajstić information content (AvgIpc) is 3.44. The molecule has 6 rings (SSSR count). The van der Waals surface area contributed by atoms with E-state index in [1.54, 1.807) is 6.07 Å². The Morgan fingerprint density at radius 1 is 1.00 bits per heavy atom. The van der Waals surface area contributed by atoms with Crippen LogP contribution < -0.4 is 14.2 Å². The van der Waals surface area contributed by atoms with Crippen LogP contribution in [0, 0.1) is 5.92 Å². The highest BCUT2D eigenvalue weighted by Crippen LogP contribution is 2.33. The minimum atomic E-state index is 0.0331. The van der Waals surface area contributed by atoms with Gasteiger partial charge in [-0.15, -0.1) is 0 Å². The van der Waals surface area contributed by atoms with Crippen LogP contribution in [0.25, 0.3) is 10.9 Å². The van der Waals surface area contributed by atoms with Crippen molar-refractivity contribution >= 4 is 16.8 Å². The first-order chi connectivity index (χ1) is 19.1. The van der Waals surface area contributed by atoms with E-state index in [1.807, 2.05) is 35.4 Å². The highest BCUT2D eigenvalue weighted by Gasteiger charge is 2.26. The van der Waals surface area contributed by atoms with Crippen molar-refractivity contribution in [3.05, 3.63) is 95.7 Å². The number of pyridine rings is 1. The Morgan fingerprint density at radius 2 is 1.87 bits per heavy atom. The van der Waals surface area contributed by atoms with E-state index in [4.69, 9.17) is 14.2 Å². The van der Waals surface area contributed by atoms with Crippen LogP contribution in [-0.4, -0.2) is 54.2 Å². The first-order valence-electron chi connectivity index (χ1n) is 13.5. The third kappa shape index (κ3) is 5.99. The SMILES string of the molecule is CN(Cc1cccc(OC[C@H]2CCCN(C(=O)c3ccc4c(c3)OCO4)C2)c1)Cc1ccc2ncccc2c1. The number of ether oxygens (including phenoxy) is 3. The third-order valence-corrected chi connectivity index (χ3v) is 7.38. The van der Waals surface area contributed by atoms with E-state index in [0.29, 0.717) is 36.1 Å². The Morgan fingerprint density at radius 3 is 2.79 bits per heavy atom. The van der Waals surface area contributed by atoms with Gasteiger partial charge in [0.2, 0.25) is 6.79 Å². The van der Waals surface area contributed by atoms with E-state index >= 15 is 0 Å². The van der Waals surface area contributed by atoms with Crippen molar-refractivity contribution in [3.63, 3.8) is 0 Å². The number of amides is 1. The molecule has 200 valence electrons. The van der Waals surface area contributed by atoms with Gasteiger partial charge in [-0.25, -0.2) is 0 Å². The fourth-order valence-electron chi connectivity index (χ4n) is 5.45. The van der Waals surface area contributed by atoms with Gasteiger partial charge in [-0.2, -0.15) is 0 Å². The van der Waals surface area contributed by atoms with Crippen molar-refractivity contribution in [1.82, 2.24) is 14.8 Å². The molecule has 2 aliphatic heterocycles. The van der Waals surface area contributed by atoms with Gasteiger partial charge in [0.05, 0.1) is 12.1 Å². The molecular formula is C32H33N3O4. The number of fused-ring (bicyclic) bond motifs is 2. The van der Waals surface area contributed by atoms with Crippen LogP contribution in [-0.2, 0) is 13.1 Å². The van der Waals surface area contributed by atoms with Crippen LogP contribution in [0.3, 0.4) is 0 Å². The van der Waals surface area contributed by atoms with E-state index < -0.39 is 0 Å². The molecule has 1 fully saturated rings. The molecule has 3 heterocycles. The first kappa shape index (κ1) is 25.2. The lowest BCUT2D eigenvalue weighted by molar-refractivity contribution is 0.0633. The normalized spacial score (nSPS) is 16.6. The third-order valence-electron chi connectivity index (χ3n) is 7.38. The molecule has 0 unspecified atom stereocenters. The number of benzene rings is 3. The zero-order valence-corrected chi connectivity index (χ0v) is 22.2. The molecule has 0 N–H and O–H groups in total. The maximum absolute atomic E-state index is 13.1. The number of carbonyl (C=O) groups excluding carboxylic acids is 1. The monoisotopic (exact) mass is 523 g/mol. The van der Waals surface area contributed by atoms with Crippen molar-refractivity contribution in [3.8, 4) is 17.2 Å². The predicted octanol–water partition coefficient (Wildman–Crippen LogP) is 5.53. The van der Waals surface area contributed by atoms with E-state index in [2.05, 4.69) is 59.4 Å². The molecule has 2 aliphatic rings. The fourth-order valence-corrected chi connectivity index (χ4v) is 5.45. The second-order valence-electron chi connectivity index (χ2n) is 10.5. The van der Waals surface area contributed by atoms with Crippen molar-refractivity contribution in [1.29, 1.82) is 0 Å². The fraction of sp³-hybridized carbons (Fsp3) is 0.312. The van der Waals surface area contributed by atoms with Gasteiger partial charge in [0.15, 0.2) is 11.5 Å². The summed E-state index contributed by atoms with van der Waals surface area (Å²) < 4.78 is 17.0. The van der Waals surface area contributed by atoms with Crippen LogP contribution in [0.15, 0.2) is 79.0 Å². The van der Waals surface area contributed by atoms with Crippen LogP contribution in [0.5, 0.6) is 17.2 Å². The van der Waals surface area contributed by atoms with Gasteiger partial charge >= 0.3 is 0 Å². The molecule has 7 heteroatoms. The Kier molecular flexibility index (Phi) is 7.32. The number of hydrogen-bond acceptors (Lipinski definition) is 6. The Balaban J connectivity index is 1.02. The quantitative estimate of drug-likeness (QED) is 0.303. The van der Waals surface area contributed by atoms with Gasteiger partial charge in [0, 0.05) is 49.2 Å². The number of piperidine rings is 1. The number of rotatable bonds is 8. The molecule has 1 saturated heterocycles. The van der Waals surface area contributed by atoms with Gasteiger partial charge in [-0.3, -0.25) is 14.7 Å². The van der Waals surface area contributed by atoms with E-state index in [-0.39, 0.29) is 12.7 Å². The molecule has 1 aromatic heterocycles. The molecule has 3 aromatic carbocycles. The molecule has 7 nitrogen and oxygen atoms in total. The van der Waals surface area contributed by atoms with Crippen molar-refractivity contribution in [2.24, 2.45) is 5.92 Å². The molecule has 1 atom stereocenters. The van der Waals surface area contributed by atoms with Gasteiger partial charge in [0.1, 0.15) is 5.75 Å². The summed E-state index contributed by atoms with van der Waals surface area (Å²) in [4.78, 5) is 21.8. The van der Waals surface area contributed by atoms with Crippen molar-refractivity contribution in [2.75, 3.05) is 33.5 Å². The minimum Gasteiger partial charge on any atom is -0.493 e. The van der Waals surface area contributed by atoms with Crippen molar-refractivity contribution < 1.29 is 19.0 Å². The van der Waals surface area contributed by atoms with Crippen LogP contribution in [0.4, 0.5) is 0 Å². The molecule has 4 aromatic rings. The molecule has 39 heavy (non-hydrogen) atoms. The minimum absolute atomic E-state index is 0.0331. The lowest BCUT2D eigenvalue weighted by Crippen LogP contribution is -2.41. The number of hydrogen-bond donors (Lipinski definition) is 0. The predicted molar refractivity (Wildman–Crippen MR) is 150 cm³/mol. The second-order valence-corrected chi connectivity index (χ2v) is 10.5. The Hall–Kier alpha value is -4.10. The lowest BCUT2D eigenvalue weighted by Gasteiger charge is -2.32. The topological polar surface area (TPSA) is 64.1 Å². The zero-order valence-electron chi connectivity index (χ0n) is 22.2. The molecule has 0 spiro atoms. The van der Waals surface area contributed by atoms with E-state index in [9.17, 15) is 4.79 Å². The summed E-state index contributed by atoms with van der Waals surface area (Å²) in [5.74, 6) is 2.53. The van der Waals surface area contributed by atoms with Gasteiger partial charge in [-0.1, -0.05) is 24.3 Å². The van der Waals surface area contributed by atoms with E-state index in [1.165, 1.54) is 11.1 Å². The van der Waals surface area contributed by atoms with Crippen LogP contribution >= 0.6 is 0 Å². The van der Waals surface area contributed by atoms with Crippen molar-refractivity contribution in [2.45, 2.75) is 25.9 Å². The van der Waals surface area contributed by atoms with E-state index in [0.717, 1.165) is 49.1 Å². The Labute approximate surface area is 228 Å². The molecule has 0 radical (unpaired) electrons. The summed E-state index contributed by atoms with van der Waals surface area (Å²) in [6.07, 6.45) is 3.85. The lowest BCUT2D eigenvalue weighted by atomic mass is 9.98. The number of likely N-dealkylation sites (tertiary alicyclic amines) is 1. The molecule has 0 bridgehead atoms. The maximum Gasteiger partial charge on any atom is 0.254 e. The number of nitrogens with zero attached hydrogens (tertiary/aromatic N) is 3. The number of carbonyl (C=O) groups is 1. The largest absolute Gasteiger partial charge is 0.493 e. The average molecular weight is 524 g/mol. The summed E-state index contributed by atoms with van der Waals surface area (Å²) >= 11 is 0. The summed E-state index contributed by atoms with van der Waals surface area (Å²) in [5.41, 5.74) is 4.13. The molecule has 0 aliphatic carbocycles. The Bertz CT molecular complexity index is 1470. The molecule has 0 saturated carbocycles. The zero-order chi connectivity index (χ0) is 26.6. The smallest absolute Gasteiger partial charge is 0.254 e. The second kappa shape index (κ2) is 11.3. The summed E-state index contributed by atoms with van der Waals surface area (Å²) in [5, 5.41) is 1.16. The summed E-state index contributed by atoms with van der Waals surface area (Å²) in [7, 11) is 2.13.